The van der Waals surface area contributed by atoms with Gasteiger partial charge in [-0.1, -0.05) is 18.2 Å². The van der Waals surface area contributed by atoms with Crippen LogP contribution in [0.4, 0.5) is 13.2 Å². The molecule has 2 atom stereocenters. The Morgan fingerprint density at radius 3 is 2.42 bits per heavy atom. The zero-order chi connectivity index (χ0) is 19.5. The van der Waals surface area contributed by atoms with Gasteiger partial charge in [0.05, 0.1) is 11.3 Å². The standard InChI is InChI=1S/C15H17F3N2O5S/c16-15(17,18)9-11(14(22)23)19-13(21)12-7-4-8-20(12)26(24,25)10-5-2-1-3-6-10/h1-3,5-6,11-12H,4,7-9H2,(H,19,21)(H,22,23). The third kappa shape index (κ3) is 4.73. The maximum absolute atomic E-state index is 12.6. The van der Waals surface area contributed by atoms with Crippen molar-refractivity contribution in [2.75, 3.05) is 6.54 Å². The minimum Gasteiger partial charge on any atom is -0.480 e. The maximum atomic E-state index is 12.6. The van der Waals surface area contributed by atoms with Gasteiger partial charge in [0, 0.05) is 6.54 Å². The van der Waals surface area contributed by atoms with E-state index in [0.29, 0.717) is 6.42 Å². The van der Waals surface area contributed by atoms with Crippen LogP contribution >= 0.6 is 0 Å². The third-order valence-electron chi connectivity index (χ3n) is 3.91. The van der Waals surface area contributed by atoms with E-state index >= 15 is 0 Å². The molecule has 1 fully saturated rings. The molecule has 26 heavy (non-hydrogen) atoms. The number of nitrogens with one attached hydrogen (secondary N) is 1. The molecule has 1 aromatic carbocycles. The van der Waals surface area contributed by atoms with E-state index in [1.165, 1.54) is 24.3 Å². The van der Waals surface area contributed by atoms with Crippen molar-refractivity contribution in [1.82, 2.24) is 9.62 Å². The van der Waals surface area contributed by atoms with E-state index in [0.717, 1.165) is 4.31 Å². The van der Waals surface area contributed by atoms with Crippen LogP contribution in [0.25, 0.3) is 0 Å². The van der Waals surface area contributed by atoms with Gasteiger partial charge in [0.1, 0.15) is 12.1 Å². The van der Waals surface area contributed by atoms with Gasteiger partial charge in [-0.05, 0) is 25.0 Å². The number of carbonyl (C=O) groups is 2. The van der Waals surface area contributed by atoms with Crippen LogP contribution in [0.1, 0.15) is 19.3 Å². The van der Waals surface area contributed by atoms with Gasteiger partial charge in [-0.2, -0.15) is 17.5 Å². The third-order valence-corrected chi connectivity index (χ3v) is 5.83. The highest BCUT2D eigenvalue weighted by Crippen LogP contribution is 2.27. The minimum absolute atomic E-state index is 0.0202. The molecule has 2 N–H and O–H groups in total. The Labute approximate surface area is 147 Å². The summed E-state index contributed by atoms with van der Waals surface area (Å²) in [6.07, 6.45) is -6.11. The highest BCUT2D eigenvalue weighted by atomic mass is 32.2. The van der Waals surface area contributed by atoms with E-state index in [1.807, 2.05) is 0 Å². The highest BCUT2D eigenvalue weighted by molar-refractivity contribution is 7.89. The zero-order valence-electron chi connectivity index (χ0n) is 13.4. The summed E-state index contributed by atoms with van der Waals surface area (Å²) in [4.78, 5) is 23.2. The molecule has 2 unspecified atom stereocenters. The summed E-state index contributed by atoms with van der Waals surface area (Å²) in [5.74, 6) is -2.90. The molecule has 1 amide bonds. The molecule has 1 aliphatic heterocycles. The number of benzene rings is 1. The quantitative estimate of drug-likeness (QED) is 0.758. The molecule has 7 nitrogen and oxygen atoms in total. The van der Waals surface area contributed by atoms with Gasteiger partial charge in [-0.15, -0.1) is 0 Å². The second-order valence-electron chi connectivity index (χ2n) is 5.81. The van der Waals surface area contributed by atoms with Crippen LogP contribution in [0.15, 0.2) is 35.2 Å². The first-order valence-electron chi connectivity index (χ1n) is 7.69. The number of halogens is 3. The Bertz CT molecular complexity index is 767. The average molecular weight is 394 g/mol. The largest absolute Gasteiger partial charge is 0.480 e. The molecule has 0 bridgehead atoms. The summed E-state index contributed by atoms with van der Waals surface area (Å²) in [6.45, 7) is 0.0202. The molecule has 0 saturated carbocycles. The molecule has 144 valence electrons. The van der Waals surface area contributed by atoms with Crippen molar-refractivity contribution in [3.8, 4) is 0 Å². The second-order valence-corrected chi connectivity index (χ2v) is 7.70. The first-order valence-corrected chi connectivity index (χ1v) is 9.13. The molecule has 0 spiro atoms. The van der Waals surface area contributed by atoms with Gasteiger partial charge in [-0.25, -0.2) is 13.2 Å². The predicted octanol–water partition coefficient (Wildman–Crippen LogP) is 1.36. The predicted molar refractivity (Wildman–Crippen MR) is 83.6 cm³/mol. The molecule has 11 heteroatoms. The number of amides is 1. The maximum Gasteiger partial charge on any atom is 0.391 e. The van der Waals surface area contributed by atoms with Crippen molar-refractivity contribution in [1.29, 1.82) is 0 Å². The van der Waals surface area contributed by atoms with Crippen LogP contribution in [-0.4, -0.2) is 54.5 Å². The smallest absolute Gasteiger partial charge is 0.391 e. The van der Waals surface area contributed by atoms with Crippen molar-refractivity contribution in [3.05, 3.63) is 30.3 Å². The lowest BCUT2D eigenvalue weighted by atomic mass is 10.1. The van der Waals surface area contributed by atoms with Crippen LogP contribution < -0.4 is 5.32 Å². The number of aliphatic carboxylic acids is 1. The first kappa shape index (κ1) is 20.2. The molecule has 1 aromatic rings. The summed E-state index contributed by atoms with van der Waals surface area (Å²) in [5.41, 5.74) is 0. The normalized spacial score (nSPS) is 19.9. The van der Waals surface area contributed by atoms with E-state index in [9.17, 15) is 31.2 Å². The summed E-state index contributed by atoms with van der Waals surface area (Å²) in [7, 11) is -4.02. The summed E-state index contributed by atoms with van der Waals surface area (Å²) in [6, 6.07) is 3.86. The number of carbonyl (C=O) groups excluding carboxylic acids is 1. The van der Waals surface area contributed by atoms with Crippen LogP contribution in [0.3, 0.4) is 0 Å². The second kappa shape index (κ2) is 7.62. The highest BCUT2D eigenvalue weighted by Gasteiger charge is 2.42. The minimum atomic E-state index is -4.79. The topological polar surface area (TPSA) is 104 Å². The number of alkyl halides is 3. The van der Waals surface area contributed by atoms with Crippen molar-refractivity contribution >= 4 is 21.9 Å². The molecule has 2 rings (SSSR count). The number of hydrogen-bond donors (Lipinski definition) is 2. The number of sulfonamides is 1. The van der Waals surface area contributed by atoms with E-state index < -0.39 is 46.6 Å². The van der Waals surface area contributed by atoms with Crippen LogP contribution in [0, 0.1) is 0 Å². The SMILES string of the molecule is O=C(O)C(CC(F)(F)F)NC(=O)C1CCCN1S(=O)(=O)c1ccccc1. The summed E-state index contributed by atoms with van der Waals surface area (Å²) >= 11 is 0. The molecule has 1 aliphatic rings. The molecule has 1 saturated heterocycles. The first-order chi connectivity index (χ1) is 12.0. The average Bonchev–Trinajstić information content (AvgIpc) is 3.04. The van der Waals surface area contributed by atoms with Gasteiger partial charge in [0.2, 0.25) is 15.9 Å². The van der Waals surface area contributed by atoms with E-state index in [2.05, 4.69) is 0 Å². The Kier molecular flexibility index (Phi) is 5.91. The fourth-order valence-electron chi connectivity index (χ4n) is 2.72. The van der Waals surface area contributed by atoms with Crippen molar-refractivity contribution in [3.63, 3.8) is 0 Å². The summed E-state index contributed by atoms with van der Waals surface area (Å²) in [5, 5.41) is 10.7. The van der Waals surface area contributed by atoms with Crippen LogP contribution in [0.2, 0.25) is 0 Å². The van der Waals surface area contributed by atoms with E-state index in [-0.39, 0.29) is 17.9 Å². The van der Waals surface area contributed by atoms with Crippen LogP contribution in [0.5, 0.6) is 0 Å². The van der Waals surface area contributed by atoms with Gasteiger partial charge in [-0.3, -0.25) is 4.79 Å². The Hall–Kier alpha value is -2.14. The van der Waals surface area contributed by atoms with Crippen molar-refractivity contribution < 1.29 is 36.3 Å². The Balaban J connectivity index is 2.19. The van der Waals surface area contributed by atoms with Gasteiger partial charge in [0.25, 0.3) is 0 Å². The Morgan fingerprint density at radius 1 is 1.27 bits per heavy atom. The number of rotatable bonds is 6. The van der Waals surface area contributed by atoms with E-state index in [4.69, 9.17) is 5.11 Å². The lowest BCUT2D eigenvalue weighted by Gasteiger charge is -2.25. The number of carboxylic acid groups (broad SMARTS) is 1. The van der Waals surface area contributed by atoms with Gasteiger partial charge >= 0.3 is 12.1 Å². The fraction of sp³-hybridized carbons (Fsp3) is 0.467. The number of carboxylic acids is 1. The number of hydrogen-bond acceptors (Lipinski definition) is 4. The number of nitrogens with zero attached hydrogens (tertiary/aromatic N) is 1. The molecule has 0 radical (unpaired) electrons. The molecule has 0 aliphatic carbocycles. The van der Waals surface area contributed by atoms with Crippen molar-refractivity contribution in [2.24, 2.45) is 0 Å². The lowest BCUT2D eigenvalue weighted by Crippen LogP contribution is -2.51. The fourth-order valence-corrected chi connectivity index (χ4v) is 4.39. The summed E-state index contributed by atoms with van der Waals surface area (Å²) < 4.78 is 63.6. The Morgan fingerprint density at radius 2 is 1.88 bits per heavy atom. The van der Waals surface area contributed by atoms with Crippen molar-refractivity contribution in [2.45, 2.75) is 42.4 Å². The zero-order valence-corrected chi connectivity index (χ0v) is 14.3. The lowest BCUT2D eigenvalue weighted by molar-refractivity contribution is -0.160. The monoisotopic (exact) mass is 394 g/mol. The molecule has 1 heterocycles. The van der Waals surface area contributed by atoms with E-state index in [1.54, 1.807) is 11.4 Å². The van der Waals surface area contributed by atoms with Gasteiger partial charge < -0.3 is 10.4 Å². The molecule has 0 aromatic heterocycles. The van der Waals surface area contributed by atoms with Crippen LogP contribution in [-0.2, 0) is 19.6 Å². The molecular weight excluding hydrogens is 377 g/mol. The van der Waals surface area contributed by atoms with Gasteiger partial charge in [0.15, 0.2) is 0 Å². The molecular formula is C15H17F3N2O5S.